The highest BCUT2D eigenvalue weighted by atomic mass is 35.5. The van der Waals surface area contributed by atoms with E-state index in [2.05, 4.69) is 33.7 Å². The Morgan fingerprint density at radius 1 is 1.16 bits per heavy atom. The van der Waals surface area contributed by atoms with Gasteiger partial charge in [0, 0.05) is 18.8 Å². The molecule has 1 aliphatic rings. The number of hydrogen-bond acceptors (Lipinski definition) is 5. The van der Waals surface area contributed by atoms with Gasteiger partial charge in [0.05, 0.1) is 0 Å². The zero-order valence-corrected chi connectivity index (χ0v) is 13.2. The van der Waals surface area contributed by atoms with Gasteiger partial charge in [0.15, 0.2) is 5.16 Å². The Labute approximate surface area is 124 Å². The lowest BCUT2D eigenvalue weighted by atomic mass is 10.1. The molecular weight excluding hydrogens is 280 g/mol. The van der Waals surface area contributed by atoms with Gasteiger partial charge < -0.3 is 4.90 Å². The summed E-state index contributed by atoms with van der Waals surface area (Å²) in [5.74, 6) is 2.47. The third-order valence-electron chi connectivity index (χ3n) is 3.14. The van der Waals surface area contributed by atoms with Crippen molar-refractivity contribution in [3.05, 3.63) is 5.28 Å². The minimum absolute atomic E-state index is 0.308. The minimum Gasteiger partial charge on any atom is -0.341 e. The topological polar surface area (TPSA) is 41.9 Å². The van der Waals surface area contributed by atoms with E-state index in [1.54, 1.807) is 11.8 Å². The van der Waals surface area contributed by atoms with Gasteiger partial charge in [-0.15, -0.1) is 0 Å². The smallest absolute Gasteiger partial charge is 0.230 e. The zero-order chi connectivity index (χ0) is 13.7. The molecule has 1 saturated heterocycles. The summed E-state index contributed by atoms with van der Waals surface area (Å²) < 4.78 is 0. The fourth-order valence-electron chi connectivity index (χ4n) is 2.01. The Balaban J connectivity index is 2.01. The molecule has 0 aromatic carbocycles. The molecule has 0 saturated carbocycles. The lowest BCUT2D eigenvalue weighted by molar-refractivity contribution is 0.564. The summed E-state index contributed by atoms with van der Waals surface area (Å²) >= 11 is 7.68. The van der Waals surface area contributed by atoms with Crippen molar-refractivity contribution < 1.29 is 0 Å². The maximum atomic E-state index is 6.01. The van der Waals surface area contributed by atoms with E-state index in [1.165, 1.54) is 19.3 Å². The first-order valence-electron chi connectivity index (χ1n) is 6.94. The lowest BCUT2D eigenvalue weighted by Crippen LogP contribution is -2.31. The van der Waals surface area contributed by atoms with Gasteiger partial charge in [-0.3, -0.25) is 0 Å². The second kappa shape index (κ2) is 7.29. The molecule has 0 unspecified atom stereocenters. The predicted octanol–water partition coefficient (Wildman–Crippen LogP) is 3.65. The summed E-state index contributed by atoms with van der Waals surface area (Å²) in [6, 6.07) is 0. The fourth-order valence-corrected chi connectivity index (χ4v) is 3.28. The van der Waals surface area contributed by atoms with Crippen LogP contribution < -0.4 is 4.90 Å². The van der Waals surface area contributed by atoms with Crippen molar-refractivity contribution in [3.8, 4) is 0 Å². The molecule has 0 radical (unpaired) electrons. The molecule has 1 fully saturated rings. The van der Waals surface area contributed by atoms with Gasteiger partial charge in [-0.25, -0.2) is 0 Å². The molecule has 0 aliphatic carbocycles. The van der Waals surface area contributed by atoms with Crippen molar-refractivity contribution in [1.29, 1.82) is 0 Å². The van der Waals surface area contributed by atoms with Crippen molar-refractivity contribution in [1.82, 2.24) is 15.0 Å². The van der Waals surface area contributed by atoms with Crippen LogP contribution in [-0.2, 0) is 0 Å². The molecule has 106 valence electrons. The summed E-state index contributed by atoms with van der Waals surface area (Å²) in [7, 11) is 0. The SMILES string of the molecule is CC(C)CCSc1nc(Cl)nc(N2CCCCC2)n1. The van der Waals surface area contributed by atoms with Gasteiger partial charge in [0.25, 0.3) is 0 Å². The average Bonchev–Trinajstić information content (AvgIpc) is 2.39. The quantitative estimate of drug-likeness (QED) is 0.776. The molecule has 0 atom stereocenters. The van der Waals surface area contributed by atoms with Crippen LogP contribution >= 0.6 is 23.4 Å². The molecule has 2 rings (SSSR count). The largest absolute Gasteiger partial charge is 0.341 e. The van der Waals surface area contributed by atoms with E-state index in [1.807, 2.05) is 0 Å². The van der Waals surface area contributed by atoms with Crippen LogP contribution in [0.15, 0.2) is 5.16 Å². The first-order valence-corrected chi connectivity index (χ1v) is 8.31. The molecule has 1 aliphatic heterocycles. The third kappa shape index (κ3) is 4.80. The first-order chi connectivity index (χ1) is 9.15. The second-order valence-electron chi connectivity index (χ2n) is 5.27. The number of piperidine rings is 1. The van der Waals surface area contributed by atoms with Crippen LogP contribution in [0.2, 0.25) is 5.28 Å². The van der Waals surface area contributed by atoms with E-state index in [9.17, 15) is 0 Å². The first kappa shape index (κ1) is 14.9. The average molecular weight is 301 g/mol. The van der Waals surface area contributed by atoms with Crippen LogP contribution in [0, 0.1) is 5.92 Å². The van der Waals surface area contributed by atoms with Crippen molar-refractivity contribution in [2.24, 2.45) is 5.92 Å². The normalized spacial score (nSPS) is 16.1. The summed E-state index contributed by atoms with van der Waals surface area (Å²) in [4.78, 5) is 15.2. The number of rotatable bonds is 5. The second-order valence-corrected chi connectivity index (χ2v) is 6.67. The van der Waals surface area contributed by atoms with Crippen molar-refractivity contribution in [3.63, 3.8) is 0 Å². The number of nitrogens with zero attached hydrogens (tertiary/aromatic N) is 4. The van der Waals surface area contributed by atoms with Crippen molar-refractivity contribution in [2.45, 2.75) is 44.7 Å². The molecule has 1 aromatic rings. The highest BCUT2D eigenvalue weighted by Crippen LogP contribution is 2.22. The van der Waals surface area contributed by atoms with E-state index in [-0.39, 0.29) is 0 Å². The number of halogens is 1. The van der Waals surface area contributed by atoms with Gasteiger partial charge in [0.1, 0.15) is 0 Å². The van der Waals surface area contributed by atoms with Gasteiger partial charge in [-0.05, 0) is 43.2 Å². The maximum Gasteiger partial charge on any atom is 0.230 e. The number of hydrogen-bond donors (Lipinski definition) is 0. The van der Waals surface area contributed by atoms with Crippen LogP contribution in [0.3, 0.4) is 0 Å². The molecule has 4 nitrogen and oxygen atoms in total. The van der Waals surface area contributed by atoms with E-state index in [0.717, 1.165) is 36.4 Å². The molecule has 0 spiro atoms. The predicted molar refractivity (Wildman–Crippen MR) is 81.1 cm³/mol. The Hall–Kier alpha value is -0.550. The number of aromatic nitrogens is 3. The van der Waals surface area contributed by atoms with Gasteiger partial charge in [-0.1, -0.05) is 25.6 Å². The molecule has 6 heteroatoms. The van der Waals surface area contributed by atoms with Gasteiger partial charge in [0.2, 0.25) is 11.2 Å². The fraction of sp³-hybridized carbons (Fsp3) is 0.769. The summed E-state index contributed by atoms with van der Waals surface area (Å²) in [6.45, 7) is 6.49. The minimum atomic E-state index is 0.308. The molecule has 0 amide bonds. The third-order valence-corrected chi connectivity index (χ3v) is 4.19. The Bertz CT molecular complexity index is 408. The molecule has 2 heterocycles. The highest BCUT2D eigenvalue weighted by molar-refractivity contribution is 7.99. The molecule has 0 bridgehead atoms. The highest BCUT2D eigenvalue weighted by Gasteiger charge is 2.15. The van der Waals surface area contributed by atoms with Crippen LogP contribution in [0.25, 0.3) is 0 Å². The van der Waals surface area contributed by atoms with Crippen LogP contribution in [0.5, 0.6) is 0 Å². The monoisotopic (exact) mass is 300 g/mol. The Morgan fingerprint density at radius 2 is 1.89 bits per heavy atom. The molecule has 0 N–H and O–H groups in total. The van der Waals surface area contributed by atoms with Crippen molar-refractivity contribution >= 4 is 29.3 Å². The van der Waals surface area contributed by atoms with Gasteiger partial charge in [-0.2, -0.15) is 15.0 Å². The van der Waals surface area contributed by atoms with Crippen LogP contribution in [0.1, 0.15) is 39.5 Å². The summed E-state index contributed by atoms with van der Waals surface area (Å²) in [5.41, 5.74) is 0. The molecule has 1 aromatic heterocycles. The standard InChI is InChI=1S/C13H21ClN4S/c1-10(2)6-9-19-13-16-11(14)15-12(17-13)18-7-4-3-5-8-18/h10H,3-9H2,1-2H3. The van der Waals surface area contributed by atoms with Crippen molar-refractivity contribution in [2.75, 3.05) is 23.7 Å². The van der Waals surface area contributed by atoms with Gasteiger partial charge >= 0.3 is 0 Å². The molecule has 19 heavy (non-hydrogen) atoms. The molecular formula is C13H21ClN4S. The maximum absolute atomic E-state index is 6.01. The van der Waals surface area contributed by atoms with E-state index >= 15 is 0 Å². The van der Waals surface area contributed by atoms with E-state index < -0.39 is 0 Å². The van der Waals surface area contributed by atoms with E-state index in [4.69, 9.17) is 11.6 Å². The van der Waals surface area contributed by atoms with Crippen LogP contribution in [-0.4, -0.2) is 33.8 Å². The lowest BCUT2D eigenvalue weighted by Gasteiger charge is -2.26. The zero-order valence-electron chi connectivity index (χ0n) is 11.6. The summed E-state index contributed by atoms with van der Waals surface area (Å²) in [6.07, 6.45) is 4.87. The number of thioether (sulfide) groups is 1. The Morgan fingerprint density at radius 3 is 2.58 bits per heavy atom. The number of anilines is 1. The Kier molecular flexibility index (Phi) is 5.70. The van der Waals surface area contributed by atoms with Crippen LogP contribution in [0.4, 0.5) is 5.95 Å². The van der Waals surface area contributed by atoms with E-state index in [0.29, 0.717) is 11.2 Å². The summed E-state index contributed by atoms with van der Waals surface area (Å²) in [5, 5.41) is 1.06.